The maximum absolute atomic E-state index is 5.89. The molecule has 1 atom stereocenters. The zero-order valence-corrected chi connectivity index (χ0v) is 13.4. The molecule has 116 valence electrons. The van der Waals surface area contributed by atoms with Crippen molar-refractivity contribution in [3.05, 3.63) is 35.4 Å². The third-order valence-corrected chi connectivity index (χ3v) is 5.99. The molecular weight excluding hydrogens is 256 g/mol. The maximum Gasteiger partial charge on any atom is 0.0488 e. The fraction of sp³-hybridized carbons (Fsp3) is 0.684. The molecule has 1 aromatic rings. The van der Waals surface area contributed by atoms with Crippen LogP contribution in [0.25, 0.3) is 0 Å². The Balaban J connectivity index is 1.65. The molecule has 1 aromatic carbocycles. The second kappa shape index (κ2) is 6.93. The van der Waals surface area contributed by atoms with Crippen molar-refractivity contribution in [1.82, 2.24) is 5.43 Å². The van der Waals surface area contributed by atoms with Crippen LogP contribution in [-0.2, 0) is 0 Å². The number of rotatable bonds is 5. The first-order valence-electron chi connectivity index (χ1n) is 8.87. The molecule has 21 heavy (non-hydrogen) atoms. The molecule has 2 nitrogen and oxygen atoms in total. The van der Waals surface area contributed by atoms with Gasteiger partial charge in [0.2, 0.25) is 0 Å². The van der Waals surface area contributed by atoms with E-state index < -0.39 is 0 Å². The van der Waals surface area contributed by atoms with Crippen LogP contribution in [0.1, 0.15) is 81.4 Å². The SMILES string of the molecule is CCC1CCC(C(NN)c2ccc(C3CCC3)cc2)CC1. The van der Waals surface area contributed by atoms with Crippen LogP contribution in [0.5, 0.6) is 0 Å². The molecule has 0 spiro atoms. The summed E-state index contributed by atoms with van der Waals surface area (Å²) in [4.78, 5) is 0. The van der Waals surface area contributed by atoms with Crippen LogP contribution in [-0.4, -0.2) is 0 Å². The summed E-state index contributed by atoms with van der Waals surface area (Å²) >= 11 is 0. The van der Waals surface area contributed by atoms with Crippen molar-refractivity contribution in [1.29, 1.82) is 0 Å². The van der Waals surface area contributed by atoms with Crippen molar-refractivity contribution in [2.75, 3.05) is 0 Å². The Morgan fingerprint density at radius 3 is 2.19 bits per heavy atom. The number of nitrogens with one attached hydrogen (secondary N) is 1. The highest BCUT2D eigenvalue weighted by molar-refractivity contribution is 5.28. The highest BCUT2D eigenvalue weighted by Gasteiger charge is 2.27. The molecule has 0 aliphatic heterocycles. The largest absolute Gasteiger partial charge is 0.271 e. The normalized spacial score (nSPS) is 28.1. The maximum atomic E-state index is 5.89. The topological polar surface area (TPSA) is 38.0 Å². The van der Waals surface area contributed by atoms with Crippen LogP contribution >= 0.6 is 0 Å². The van der Waals surface area contributed by atoms with E-state index in [1.807, 2.05) is 0 Å². The summed E-state index contributed by atoms with van der Waals surface area (Å²) in [5, 5.41) is 0. The molecule has 0 amide bonds. The standard InChI is InChI=1S/C19H30N2/c1-2-14-6-8-17(9-7-14)19(21-20)18-12-10-16(11-13-18)15-4-3-5-15/h10-15,17,19,21H,2-9,20H2,1H3. The second-order valence-electron chi connectivity index (χ2n) is 7.13. The van der Waals surface area contributed by atoms with Crippen molar-refractivity contribution in [2.45, 2.75) is 70.3 Å². The molecule has 0 heterocycles. The molecule has 3 N–H and O–H groups in total. The van der Waals surface area contributed by atoms with E-state index in [0.29, 0.717) is 12.0 Å². The summed E-state index contributed by atoms with van der Waals surface area (Å²) in [6, 6.07) is 9.62. The van der Waals surface area contributed by atoms with Crippen molar-refractivity contribution >= 4 is 0 Å². The number of benzene rings is 1. The van der Waals surface area contributed by atoms with Crippen LogP contribution in [0.2, 0.25) is 0 Å². The van der Waals surface area contributed by atoms with Crippen molar-refractivity contribution in [3.63, 3.8) is 0 Å². The first-order valence-corrected chi connectivity index (χ1v) is 8.87. The summed E-state index contributed by atoms with van der Waals surface area (Å²) in [7, 11) is 0. The Bertz CT molecular complexity index is 427. The predicted molar refractivity (Wildman–Crippen MR) is 88.8 cm³/mol. The van der Waals surface area contributed by atoms with E-state index in [4.69, 9.17) is 5.84 Å². The first kappa shape index (κ1) is 15.1. The summed E-state index contributed by atoms with van der Waals surface area (Å²) in [5.41, 5.74) is 6.00. The van der Waals surface area contributed by atoms with E-state index in [-0.39, 0.29) is 0 Å². The summed E-state index contributed by atoms with van der Waals surface area (Å²) < 4.78 is 0. The van der Waals surface area contributed by atoms with E-state index in [9.17, 15) is 0 Å². The van der Waals surface area contributed by atoms with E-state index >= 15 is 0 Å². The third kappa shape index (κ3) is 3.32. The quantitative estimate of drug-likeness (QED) is 0.609. The summed E-state index contributed by atoms with van der Waals surface area (Å²) in [6.07, 6.45) is 10.9. The Hall–Kier alpha value is -0.860. The van der Waals surface area contributed by atoms with Crippen LogP contribution in [0.15, 0.2) is 24.3 Å². The van der Waals surface area contributed by atoms with Crippen LogP contribution < -0.4 is 11.3 Å². The zero-order valence-electron chi connectivity index (χ0n) is 13.4. The molecule has 0 bridgehead atoms. The van der Waals surface area contributed by atoms with Gasteiger partial charge in [0.15, 0.2) is 0 Å². The summed E-state index contributed by atoms with van der Waals surface area (Å²) in [5.74, 6) is 8.36. The number of hydrazine groups is 1. The van der Waals surface area contributed by atoms with E-state index in [1.54, 1.807) is 0 Å². The predicted octanol–water partition coefficient (Wildman–Crippen LogP) is 4.67. The van der Waals surface area contributed by atoms with Gasteiger partial charge >= 0.3 is 0 Å². The van der Waals surface area contributed by atoms with Crippen LogP contribution in [0, 0.1) is 11.8 Å². The molecule has 2 saturated carbocycles. The molecule has 2 aliphatic carbocycles. The van der Waals surface area contributed by atoms with Crippen molar-refractivity contribution in [2.24, 2.45) is 17.7 Å². The smallest absolute Gasteiger partial charge is 0.0488 e. The van der Waals surface area contributed by atoms with Crippen molar-refractivity contribution < 1.29 is 0 Å². The molecule has 0 radical (unpaired) electrons. The van der Waals surface area contributed by atoms with E-state index in [1.165, 1.54) is 62.5 Å². The van der Waals surface area contributed by atoms with Gasteiger partial charge in [-0.05, 0) is 54.6 Å². The van der Waals surface area contributed by atoms with E-state index in [2.05, 4.69) is 36.6 Å². The highest BCUT2D eigenvalue weighted by atomic mass is 15.2. The lowest BCUT2D eigenvalue weighted by Gasteiger charge is -2.34. The molecule has 2 heteroatoms. The Kier molecular flexibility index (Phi) is 4.97. The van der Waals surface area contributed by atoms with Gasteiger partial charge in [0.25, 0.3) is 0 Å². The first-order chi connectivity index (χ1) is 10.3. The average molecular weight is 286 g/mol. The van der Waals surface area contributed by atoms with Gasteiger partial charge in [-0.2, -0.15) is 0 Å². The Morgan fingerprint density at radius 2 is 1.71 bits per heavy atom. The molecule has 2 aliphatic rings. The Morgan fingerprint density at radius 1 is 1.05 bits per heavy atom. The molecular formula is C19H30N2. The fourth-order valence-electron chi connectivity index (χ4n) is 4.15. The monoisotopic (exact) mass is 286 g/mol. The minimum atomic E-state index is 0.332. The van der Waals surface area contributed by atoms with Crippen LogP contribution in [0.3, 0.4) is 0 Å². The number of hydrogen-bond acceptors (Lipinski definition) is 2. The van der Waals surface area contributed by atoms with Gasteiger partial charge in [-0.15, -0.1) is 0 Å². The average Bonchev–Trinajstić information content (AvgIpc) is 2.49. The lowest BCUT2D eigenvalue weighted by atomic mass is 9.75. The lowest BCUT2D eigenvalue weighted by Crippen LogP contribution is -2.35. The van der Waals surface area contributed by atoms with Gasteiger partial charge in [0.05, 0.1) is 0 Å². The molecule has 1 unspecified atom stereocenters. The zero-order chi connectivity index (χ0) is 14.7. The summed E-state index contributed by atoms with van der Waals surface area (Å²) in [6.45, 7) is 2.32. The Labute approximate surface area is 129 Å². The lowest BCUT2D eigenvalue weighted by molar-refractivity contribution is 0.219. The number of nitrogens with two attached hydrogens (primary N) is 1. The van der Waals surface area contributed by atoms with Crippen LogP contribution in [0.4, 0.5) is 0 Å². The van der Waals surface area contributed by atoms with Gasteiger partial charge in [0, 0.05) is 6.04 Å². The molecule has 3 rings (SSSR count). The van der Waals surface area contributed by atoms with E-state index in [0.717, 1.165) is 11.8 Å². The van der Waals surface area contributed by atoms with Gasteiger partial charge in [-0.1, -0.05) is 56.9 Å². The van der Waals surface area contributed by atoms with Gasteiger partial charge < -0.3 is 0 Å². The molecule has 0 saturated heterocycles. The second-order valence-corrected chi connectivity index (χ2v) is 7.13. The molecule has 2 fully saturated rings. The van der Waals surface area contributed by atoms with Gasteiger partial charge in [-0.3, -0.25) is 11.3 Å². The number of hydrogen-bond donors (Lipinski definition) is 2. The third-order valence-electron chi connectivity index (χ3n) is 5.99. The highest BCUT2D eigenvalue weighted by Crippen LogP contribution is 2.39. The van der Waals surface area contributed by atoms with Crippen molar-refractivity contribution in [3.8, 4) is 0 Å². The minimum Gasteiger partial charge on any atom is -0.271 e. The van der Waals surface area contributed by atoms with Gasteiger partial charge in [0.1, 0.15) is 0 Å². The minimum absolute atomic E-state index is 0.332. The van der Waals surface area contributed by atoms with Gasteiger partial charge in [-0.25, -0.2) is 0 Å². The molecule has 0 aromatic heterocycles. The fourth-order valence-corrected chi connectivity index (χ4v) is 4.15.